The van der Waals surface area contributed by atoms with Crippen LogP contribution in [0.2, 0.25) is 0 Å². The third-order valence-corrected chi connectivity index (χ3v) is 2.97. The van der Waals surface area contributed by atoms with Crippen LogP contribution >= 0.6 is 23.0 Å². The number of para-hydroxylation sites is 3. The van der Waals surface area contributed by atoms with Gasteiger partial charge in [0.1, 0.15) is 11.3 Å². The van der Waals surface area contributed by atoms with Gasteiger partial charge in [-0.1, -0.05) is 24.3 Å². The zero-order chi connectivity index (χ0) is 11.7. The van der Waals surface area contributed by atoms with Gasteiger partial charge in [-0.05, 0) is 24.3 Å². The van der Waals surface area contributed by atoms with E-state index in [0.29, 0.717) is 5.89 Å². The number of nitrogens with zero attached hydrogens (tertiary/aromatic N) is 1. The Morgan fingerprint density at radius 1 is 1.00 bits per heavy atom. The van der Waals surface area contributed by atoms with Gasteiger partial charge in [0.2, 0.25) is 5.89 Å². The molecule has 1 heterocycles. The SMILES string of the molecule is IOc1ccccc1-c1nc2ccccc2o1. The Kier molecular flexibility index (Phi) is 2.72. The fourth-order valence-corrected chi connectivity index (χ4v) is 2.08. The number of benzene rings is 2. The van der Waals surface area contributed by atoms with Gasteiger partial charge in [0.05, 0.1) is 5.56 Å². The summed E-state index contributed by atoms with van der Waals surface area (Å²) in [6, 6.07) is 15.4. The number of hydrogen-bond acceptors (Lipinski definition) is 3. The molecule has 0 unspecified atom stereocenters. The largest absolute Gasteiger partial charge is 0.436 e. The molecule has 2 aromatic carbocycles. The third-order valence-electron chi connectivity index (χ3n) is 2.49. The van der Waals surface area contributed by atoms with Crippen molar-refractivity contribution < 1.29 is 7.48 Å². The Morgan fingerprint density at radius 2 is 1.76 bits per heavy atom. The van der Waals surface area contributed by atoms with Gasteiger partial charge in [-0.15, -0.1) is 0 Å². The molecule has 0 atom stereocenters. The Balaban J connectivity index is 2.20. The Morgan fingerprint density at radius 3 is 2.59 bits per heavy atom. The van der Waals surface area contributed by atoms with Crippen molar-refractivity contribution in [3.8, 4) is 17.2 Å². The van der Waals surface area contributed by atoms with Gasteiger partial charge in [-0.3, -0.25) is 0 Å². The molecule has 0 radical (unpaired) electrons. The molecule has 0 bridgehead atoms. The molecule has 3 rings (SSSR count). The molecule has 0 N–H and O–H groups in total. The first-order chi connectivity index (χ1) is 8.38. The van der Waals surface area contributed by atoms with Crippen LogP contribution in [0.3, 0.4) is 0 Å². The smallest absolute Gasteiger partial charge is 0.231 e. The molecule has 0 fully saturated rings. The number of oxazole rings is 1. The monoisotopic (exact) mass is 337 g/mol. The zero-order valence-electron chi connectivity index (χ0n) is 8.76. The molecule has 0 spiro atoms. The van der Waals surface area contributed by atoms with Gasteiger partial charge in [-0.2, -0.15) is 0 Å². The van der Waals surface area contributed by atoms with Crippen molar-refractivity contribution in [2.24, 2.45) is 0 Å². The predicted octanol–water partition coefficient (Wildman–Crippen LogP) is 4.22. The molecule has 0 aliphatic carbocycles. The fraction of sp³-hybridized carbons (Fsp3) is 0. The van der Waals surface area contributed by atoms with Crippen LogP contribution in [0.15, 0.2) is 52.9 Å². The fourth-order valence-electron chi connectivity index (χ4n) is 1.70. The molecular formula is C13H8INO2. The summed E-state index contributed by atoms with van der Waals surface area (Å²) in [5.74, 6) is 1.33. The number of fused-ring (bicyclic) bond motifs is 1. The summed E-state index contributed by atoms with van der Waals surface area (Å²) >= 11 is 1.85. The predicted molar refractivity (Wildman–Crippen MR) is 74.1 cm³/mol. The molecule has 0 aliphatic heterocycles. The summed E-state index contributed by atoms with van der Waals surface area (Å²) in [6.45, 7) is 0. The lowest BCUT2D eigenvalue weighted by Gasteiger charge is -2.01. The topological polar surface area (TPSA) is 35.3 Å². The molecule has 17 heavy (non-hydrogen) atoms. The minimum atomic E-state index is 0.582. The second-order valence-corrected chi connectivity index (χ2v) is 4.00. The quantitative estimate of drug-likeness (QED) is 0.657. The molecule has 0 saturated heterocycles. The van der Waals surface area contributed by atoms with Crippen molar-refractivity contribution >= 4 is 34.1 Å². The first-order valence-corrected chi connectivity index (χ1v) is 6.00. The van der Waals surface area contributed by atoms with E-state index in [1.807, 2.05) is 71.5 Å². The van der Waals surface area contributed by atoms with Crippen molar-refractivity contribution in [1.82, 2.24) is 4.98 Å². The van der Waals surface area contributed by atoms with Crippen molar-refractivity contribution in [2.75, 3.05) is 0 Å². The van der Waals surface area contributed by atoms with E-state index in [-0.39, 0.29) is 0 Å². The second kappa shape index (κ2) is 4.37. The molecule has 1 aromatic heterocycles. The van der Waals surface area contributed by atoms with Crippen LogP contribution in [0.25, 0.3) is 22.6 Å². The maximum Gasteiger partial charge on any atom is 0.231 e. The van der Waals surface area contributed by atoms with E-state index in [0.717, 1.165) is 22.4 Å². The highest BCUT2D eigenvalue weighted by Gasteiger charge is 2.12. The first-order valence-electron chi connectivity index (χ1n) is 5.12. The van der Waals surface area contributed by atoms with Crippen molar-refractivity contribution in [3.63, 3.8) is 0 Å². The minimum Gasteiger partial charge on any atom is -0.436 e. The normalized spacial score (nSPS) is 10.6. The van der Waals surface area contributed by atoms with Crippen molar-refractivity contribution in [1.29, 1.82) is 0 Å². The Hall–Kier alpha value is -1.56. The van der Waals surface area contributed by atoms with E-state index in [9.17, 15) is 0 Å². The standard InChI is InChI=1S/C13H8INO2/c14-17-11-7-3-1-5-9(11)13-15-10-6-2-4-8-12(10)16-13/h1-8H. The third kappa shape index (κ3) is 1.88. The molecule has 3 nitrogen and oxygen atoms in total. The van der Waals surface area contributed by atoms with Crippen molar-refractivity contribution in [3.05, 3.63) is 48.5 Å². The van der Waals surface area contributed by atoms with Crippen LogP contribution in [0, 0.1) is 0 Å². The molecule has 84 valence electrons. The summed E-state index contributed by atoms with van der Waals surface area (Å²) in [6.07, 6.45) is 0. The van der Waals surface area contributed by atoms with E-state index in [1.54, 1.807) is 0 Å². The Bertz CT molecular complexity index is 630. The van der Waals surface area contributed by atoms with E-state index in [2.05, 4.69) is 4.98 Å². The number of aromatic nitrogens is 1. The summed E-state index contributed by atoms with van der Waals surface area (Å²) in [5.41, 5.74) is 2.50. The Labute approximate surface area is 112 Å². The highest BCUT2D eigenvalue weighted by atomic mass is 127. The minimum absolute atomic E-state index is 0.582. The van der Waals surface area contributed by atoms with Crippen LogP contribution in [-0.2, 0) is 0 Å². The summed E-state index contributed by atoms with van der Waals surface area (Å²) in [4.78, 5) is 4.44. The van der Waals surface area contributed by atoms with E-state index >= 15 is 0 Å². The molecule has 0 aliphatic rings. The molecule has 4 heteroatoms. The van der Waals surface area contributed by atoms with Crippen LogP contribution in [0.5, 0.6) is 5.75 Å². The van der Waals surface area contributed by atoms with Gasteiger partial charge in [0, 0.05) is 0 Å². The van der Waals surface area contributed by atoms with Gasteiger partial charge < -0.3 is 7.48 Å². The zero-order valence-corrected chi connectivity index (χ0v) is 10.9. The molecule has 0 amide bonds. The molecule has 3 aromatic rings. The van der Waals surface area contributed by atoms with Gasteiger partial charge in [-0.25, -0.2) is 4.98 Å². The lowest BCUT2D eigenvalue weighted by Crippen LogP contribution is -1.81. The van der Waals surface area contributed by atoms with E-state index < -0.39 is 0 Å². The second-order valence-electron chi connectivity index (χ2n) is 3.56. The number of rotatable bonds is 2. The number of hydrogen-bond donors (Lipinski definition) is 0. The van der Waals surface area contributed by atoms with Crippen LogP contribution < -0.4 is 3.07 Å². The highest BCUT2D eigenvalue weighted by Crippen LogP contribution is 2.32. The average molecular weight is 337 g/mol. The van der Waals surface area contributed by atoms with Crippen molar-refractivity contribution in [2.45, 2.75) is 0 Å². The highest BCUT2D eigenvalue weighted by molar-refractivity contribution is 14.1. The van der Waals surface area contributed by atoms with Crippen LogP contribution in [0.4, 0.5) is 0 Å². The average Bonchev–Trinajstić information content (AvgIpc) is 2.82. The molecular weight excluding hydrogens is 329 g/mol. The summed E-state index contributed by atoms with van der Waals surface area (Å²) in [5, 5.41) is 0. The van der Waals surface area contributed by atoms with Gasteiger partial charge in [0.25, 0.3) is 0 Å². The lowest BCUT2D eigenvalue weighted by molar-refractivity contribution is 0.614. The van der Waals surface area contributed by atoms with Crippen LogP contribution in [-0.4, -0.2) is 4.98 Å². The lowest BCUT2D eigenvalue weighted by atomic mass is 10.2. The van der Waals surface area contributed by atoms with E-state index in [1.165, 1.54) is 0 Å². The molecule has 0 saturated carbocycles. The van der Waals surface area contributed by atoms with Crippen LogP contribution in [0.1, 0.15) is 0 Å². The number of halogens is 1. The maximum absolute atomic E-state index is 5.70. The van der Waals surface area contributed by atoms with Gasteiger partial charge in [0.15, 0.2) is 28.6 Å². The maximum atomic E-state index is 5.70. The summed E-state index contributed by atoms with van der Waals surface area (Å²) < 4.78 is 11.0. The van der Waals surface area contributed by atoms with E-state index in [4.69, 9.17) is 7.48 Å². The first kappa shape index (κ1) is 10.6. The summed E-state index contributed by atoms with van der Waals surface area (Å²) in [7, 11) is 0. The van der Waals surface area contributed by atoms with Gasteiger partial charge >= 0.3 is 0 Å².